The van der Waals surface area contributed by atoms with Crippen molar-refractivity contribution in [2.45, 2.75) is 16.7 Å². The Kier molecular flexibility index (Phi) is 6.80. The van der Waals surface area contributed by atoms with Crippen LogP contribution in [-0.2, 0) is 25.0 Å². The number of nitrogens with one attached hydrogen (secondary N) is 1. The predicted octanol–water partition coefficient (Wildman–Crippen LogP) is 3.04. The van der Waals surface area contributed by atoms with Crippen LogP contribution in [0.4, 0.5) is 11.4 Å². The van der Waals surface area contributed by atoms with E-state index in [1.54, 1.807) is 0 Å². The Morgan fingerprint density at radius 3 is 2.21 bits per heavy atom. The molecule has 0 bridgehead atoms. The highest BCUT2D eigenvalue weighted by Crippen LogP contribution is 2.36. The molecule has 29 heavy (non-hydrogen) atoms. The van der Waals surface area contributed by atoms with E-state index in [4.69, 9.17) is 0 Å². The normalized spacial score (nSPS) is 11.8. The molecule has 9 nitrogen and oxygen atoms in total. The first-order chi connectivity index (χ1) is 13.4. The van der Waals surface area contributed by atoms with Crippen molar-refractivity contribution in [1.82, 2.24) is 0 Å². The number of amides is 1. The maximum atomic E-state index is 12.0. The third kappa shape index (κ3) is 5.64. The molecule has 0 atom stereocenters. The Balaban J connectivity index is 2.77. The molecule has 152 valence electrons. The lowest BCUT2D eigenvalue weighted by Crippen LogP contribution is -2.12. The van der Waals surface area contributed by atoms with Crippen LogP contribution in [0.25, 0.3) is 12.2 Å². The second-order valence-corrected chi connectivity index (χ2v) is 8.51. The molecule has 0 radical (unpaired) electrons. The molecule has 1 amide bonds. The molecular formula is C17H14N2O7S3. The van der Waals surface area contributed by atoms with Gasteiger partial charge in [-0.15, -0.1) is 0 Å². The van der Waals surface area contributed by atoms with Crippen LogP contribution in [0, 0.1) is 0 Å². The molecule has 0 aliphatic carbocycles. The molecule has 0 spiro atoms. The monoisotopic (exact) mass is 454 g/mol. The topological polar surface area (TPSA) is 150 Å². The molecule has 0 aliphatic rings. The molecule has 0 heterocycles. The first kappa shape index (κ1) is 22.6. The van der Waals surface area contributed by atoms with E-state index in [0.717, 1.165) is 6.92 Å². The summed E-state index contributed by atoms with van der Waals surface area (Å²) >= 11 is 4.51. The average molecular weight is 455 g/mol. The molecule has 0 saturated carbocycles. The highest BCUT2D eigenvalue weighted by Gasteiger charge is 2.23. The van der Waals surface area contributed by atoms with E-state index in [0.29, 0.717) is 0 Å². The Bertz CT molecular complexity index is 1260. The fourth-order valence-corrected chi connectivity index (χ4v) is 4.10. The van der Waals surface area contributed by atoms with E-state index in [2.05, 4.69) is 22.5 Å². The van der Waals surface area contributed by atoms with Crippen LogP contribution in [0.5, 0.6) is 0 Å². The molecule has 3 N–H and O–H groups in total. The third-order valence-electron chi connectivity index (χ3n) is 3.53. The number of benzene rings is 2. The molecule has 12 heteroatoms. The number of hydrogen-bond acceptors (Lipinski definition) is 7. The van der Waals surface area contributed by atoms with E-state index in [1.807, 2.05) is 5.16 Å². The minimum absolute atomic E-state index is 0.0571. The van der Waals surface area contributed by atoms with Gasteiger partial charge in [-0.05, 0) is 35.5 Å². The molecule has 2 aromatic rings. The second kappa shape index (κ2) is 8.74. The lowest BCUT2D eigenvalue weighted by Gasteiger charge is -2.13. The molecule has 2 aromatic carbocycles. The Hall–Kier alpha value is -2.73. The summed E-state index contributed by atoms with van der Waals surface area (Å²) in [4.78, 5) is 14.1. The predicted molar refractivity (Wildman–Crippen MR) is 110 cm³/mol. The number of thiocarbonyl (C=S) groups is 1. The lowest BCUT2D eigenvalue weighted by molar-refractivity contribution is -0.114. The van der Waals surface area contributed by atoms with Crippen molar-refractivity contribution in [2.75, 3.05) is 5.32 Å². The van der Waals surface area contributed by atoms with Gasteiger partial charge in [0.2, 0.25) is 5.91 Å². The first-order valence-corrected chi connectivity index (χ1v) is 11.0. The van der Waals surface area contributed by atoms with E-state index < -0.39 is 35.9 Å². The zero-order chi connectivity index (χ0) is 21.8. The van der Waals surface area contributed by atoms with E-state index in [1.165, 1.54) is 48.6 Å². The van der Waals surface area contributed by atoms with Crippen LogP contribution >= 0.6 is 12.2 Å². The van der Waals surface area contributed by atoms with Gasteiger partial charge in [-0.1, -0.05) is 36.4 Å². The molecule has 0 aromatic heterocycles. The Morgan fingerprint density at radius 2 is 1.66 bits per heavy atom. The number of nitrogens with zero attached hydrogens (tertiary/aromatic N) is 1. The van der Waals surface area contributed by atoms with E-state index >= 15 is 0 Å². The third-order valence-corrected chi connectivity index (χ3v) is 5.51. The minimum Gasteiger partial charge on any atom is -0.323 e. The van der Waals surface area contributed by atoms with Crippen molar-refractivity contribution in [2.24, 2.45) is 4.99 Å². The number of hydrogen-bond donors (Lipinski definition) is 3. The van der Waals surface area contributed by atoms with Crippen molar-refractivity contribution >= 4 is 67.0 Å². The molecule has 0 aliphatic heterocycles. The summed E-state index contributed by atoms with van der Waals surface area (Å²) in [7, 11) is -9.37. The molecule has 0 unspecified atom stereocenters. The summed E-state index contributed by atoms with van der Waals surface area (Å²) < 4.78 is 66.0. The number of aliphatic imine (C=N–C) groups is 1. The fourth-order valence-electron chi connectivity index (χ4n) is 2.47. The summed E-state index contributed by atoms with van der Waals surface area (Å²) in [6, 6.07) is 8.06. The standard InChI is InChI=1S/C17H14N2O7S3/c1-11(20)19-16-14(18-10-27)9-8-13(17(16)29(24,25)26)7-6-12-4-2-3-5-15(12)28(21,22)23/h2-9H,1H3,(H,19,20)(H,21,22,23)(H,24,25,26). The van der Waals surface area contributed by atoms with Gasteiger partial charge >= 0.3 is 0 Å². The smallest absolute Gasteiger partial charge is 0.297 e. The van der Waals surface area contributed by atoms with E-state index in [9.17, 15) is 30.7 Å². The maximum absolute atomic E-state index is 12.0. The zero-order valence-corrected chi connectivity index (χ0v) is 17.2. The molecule has 2 rings (SSSR count). The van der Waals surface area contributed by atoms with Gasteiger partial charge in [0, 0.05) is 6.92 Å². The lowest BCUT2D eigenvalue weighted by atomic mass is 10.1. The van der Waals surface area contributed by atoms with Gasteiger partial charge in [0.1, 0.15) is 9.79 Å². The van der Waals surface area contributed by atoms with Crippen LogP contribution < -0.4 is 5.32 Å². The van der Waals surface area contributed by atoms with Gasteiger partial charge in [-0.2, -0.15) is 21.8 Å². The van der Waals surface area contributed by atoms with Crippen LogP contribution in [0.15, 0.2) is 51.2 Å². The fraction of sp³-hybridized carbons (Fsp3) is 0.0588. The first-order valence-electron chi connectivity index (χ1n) is 7.69. The van der Waals surface area contributed by atoms with Crippen LogP contribution in [0.1, 0.15) is 18.1 Å². The van der Waals surface area contributed by atoms with Crippen molar-refractivity contribution in [3.05, 3.63) is 47.5 Å². The SMILES string of the molecule is CC(=O)Nc1c(N=C=S)ccc(C=Cc2ccccc2S(=O)(=O)O)c1S(=O)(=O)O. The largest absolute Gasteiger partial charge is 0.323 e. The van der Waals surface area contributed by atoms with Crippen LogP contribution in [-0.4, -0.2) is 37.0 Å². The average Bonchev–Trinajstić information content (AvgIpc) is 2.59. The molecule has 0 saturated heterocycles. The maximum Gasteiger partial charge on any atom is 0.297 e. The van der Waals surface area contributed by atoms with Gasteiger partial charge in [-0.25, -0.2) is 0 Å². The summed E-state index contributed by atoms with van der Waals surface area (Å²) in [5.74, 6) is -0.631. The second-order valence-electron chi connectivity index (χ2n) is 5.58. The molecular weight excluding hydrogens is 440 g/mol. The number of carbonyl (C=O) groups excluding carboxylic acids is 1. The highest BCUT2D eigenvalue weighted by atomic mass is 32.2. The van der Waals surface area contributed by atoms with Crippen molar-refractivity contribution in [3.8, 4) is 0 Å². The highest BCUT2D eigenvalue weighted by molar-refractivity contribution is 7.86. The summed E-state index contributed by atoms with van der Waals surface area (Å²) in [6.45, 7) is 1.13. The van der Waals surface area contributed by atoms with Crippen molar-refractivity contribution < 1.29 is 30.7 Å². The number of isothiocyanates is 1. The number of carbonyl (C=O) groups is 1. The Labute approximate surface area is 172 Å². The van der Waals surface area contributed by atoms with Crippen LogP contribution in [0.2, 0.25) is 0 Å². The zero-order valence-electron chi connectivity index (χ0n) is 14.7. The van der Waals surface area contributed by atoms with Gasteiger partial charge in [0.25, 0.3) is 20.2 Å². The van der Waals surface area contributed by atoms with Gasteiger partial charge < -0.3 is 5.32 Å². The summed E-state index contributed by atoms with van der Waals surface area (Å²) in [5.41, 5.74) is -0.385. The minimum atomic E-state index is -4.85. The van der Waals surface area contributed by atoms with Crippen LogP contribution in [0.3, 0.4) is 0 Å². The number of anilines is 1. The number of rotatable bonds is 6. The van der Waals surface area contributed by atoms with Gasteiger partial charge in [-0.3, -0.25) is 13.9 Å². The summed E-state index contributed by atoms with van der Waals surface area (Å²) in [6.07, 6.45) is 2.43. The van der Waals surface area contributed by atoms with Gasteiger partial charge in [0.05, 0.1) is 16.5 Å². The van der Waals surface area contributed by atoms with E-state index in [-0.39, 0.29) is 22.5 Å². The summed E-state index contributed by atoms with van der Waals surface area (Å²) in [5, 5.41) is 4.33. The van der Waals surface area contributed by atoms with Gasteiger partial charge in [0.15, 0.2) is 0 Å². The van der Waals surface area contributed by atoms with Crippen molar-refractivity contribution in [3.63, 3.8) is 0 Å². The van der Waals surface area contributed by atoms with Crippen molar-refractivity contribution in [1.29, 1.82) is 0 Å². The quantitative estimate of drug-likeness (QED) is 0.261. The molecule has 0 fully saturated rings. The Morgan fingerprint density at radius 1 is 1.03 bits per heavy atom.